The molecule has 0 unspecified atom stereocenters. The minimum atomic E-state index is -0.134. The first-order chi connectivity index (χ1) is 5.65. The second kappa shape index (κ2) is 3.56. The van der Waals surface area contributed by atoms with Crippen molar-refractivity contribution in [1.29, 1.82) is 0 Å². The average Bonchev–Trinajstić information content (AvgIpc) is 2.03. The van der Waals surface area contributed by atoms with Crippen LogP contribution in [0.15, 0.2) is 18.2 Å². The van der Waals surface area contributed by atoms with Crippen LogP contribution in [0.25, 0.3) is 0 Å². The van der Waals surface area contributed by atoms with Crippen molar-refractivity contribution in [3.8, 4) is 5.75 Å². The standard InChI is InChI=1S/C9H14N2O/c1-6-4-7(12)2-3-8(6)9(11)5-10/h2-4,9,12H,5,10-11H2,1H3/t9-/m0/s1. The Labute approximate surface area is 72.0 Å². The number of aryl methyl sites for hydroxylation is 1. The van der Waals surface area contributed by atoms with Gasteiger partial charge in [-0.05, 0) is 30.2 Å². The third-order valence-electron chi connectivity index (χ3n) is 1.91. The van der Waals surface area contributed by atoms with Crippen LogP contribution in [0.2, 0.25) is 0 Å². The van der Waals surface area contributed by atoms with Gasteiger partial charge in [-0.1, -0.05) is 6.07 Å². The Morgan fingerprint density at radius 2 is 2.17 bits per heavy atom. The van der Waals surface area contributed by atoms with Crippen molar-refractivity contribution in [2.45, 2.75) is 13.0 Å². The predicted molar refractivity (Wildman–Crippen MR) is 48.8 cm³/mol. The molecule has 66 valence electrons. The van der Waals surface area contributed by atoms with Gasteiger partial charge in [0.2, 0.25) is 0 Å². The molecular weight excluding hydrogens is 152 g/mol. The molecule has 0 heterocycles. The summed E-state index contributed by atoms with van der Waals surface area (Å²) in [4.78, 5) is 0. The van der Waals surface area contributed by atoms with Gasteiger partial charge in [-0.25, -0.2) is 0 Å². The van der Waals surface area contributed by atoms with Crippen molar-refractivity contribution in [2.24, 2.45) is 11.5 Å². The molecule has 3 nitrogen and oxygen atoms in total. The van der Waals surface area contributed by atoms with Crippen molar-refractivity contribution >= 4 is 0 Å². The van der Waals surface area contributed by atoms with Crippen LogP contribution in [0.1, 0.15) is 17.2 Å². The van der Waals surface area contributed by atoms with E-state index >= 15 is 0 Å². The molecule has 0 aliphatic heterocycles. The van der Waals surface area contributed by atoms with Gasteiger partial charge in [0.1, 0.15) is 5.75 Å². The zero-order chi connectivity index (χ0) is 9.14. The zero-order valence-electron chi connectivity index (χ0n) is 7.12. The van der Waals surface area contributed by atoms with Gasteiger partial charge in [-0.2, -0.15) is 0 Å². The summed E-state index contributed by atoms with van der Waals surface area (Å²) >= 11 is 0. The normalized spacial score (nSPS) is 12.9. The van der Waals surface area contributed by atoms with Crippen molar-refractivity contribution in [1.82, 2.24) is 0 Å². The number of phenols is 1. The van der Waals surface area contributed by atoms with Gasteiger partial charge < -0.3 is 16.6 Å². The number of phenolic OH excluding ortho intramolecular Hbond substituents is 1. The van der Waals surface area contributed by atoms with Crippen molar-refractivity contribution in [2.75, 3.05) is 6.54 Å². The number of rotatable bonds is 2. The molecule has 0 saturated heterocycles. The molecule has 0 amide bonds. The lowest BCUT2D eigenvalue weighted by molar-refractivity contribution is 0.474. The summed E-state index contributed by atoms with van der Waals surface area (Å²) in [6.45, 7) is 2.33. The molecule has 1 atom stereocenters. The van der Waals surface area contributed by atoms with Crippen LogP contribution in [0.3, 0.4) is 0 Å². The first-order valence-corrected chi connectivity index (χ1v) is 3.90. The molecule has 1 aromatic carbocycles. The van der Waals surface area contributed by atoms with Gasteiger partial charge in [-0.15, -0.1) is 0 Å². The lowest BCUT2D eigenvalue weighted by Gasteiger charge is -2.12. The molecule has 1 aromatic rings. The van der Waals surface area contributed by atoms with Crippen molar-refractivity contribution in [3.05, 3.63) is 29.3 Å². The van der Waals surface area contributed by atoms with Gasteiger partial charge in [0, 0.05) is 12.6 Å². The maximum Gasteiger partial charge on any atom is 0.115 e. The topological polar surface area (TPSA) is 72.3 Å². The predicted octanol–water partition coefficient (Wildman–Crippen LogP) is 0.659. The van der Waals surface area contributed by atoms with Crippen LogP contribution in [-0.4, -0.2) is 11.7 Å². The van der Waals surface area contributed by atoms with Gasteiger partial charge >= 0.3 is 0 Å². The Kier molecular flexibility index (Phi) is 2.68. The molecule has 0 aliphatic carbocycles. The summed E-state index contributed by atoms with van der Waals surface area (Å²) in [6, 6.07) is 4.98. The van der Waals surface area contributed by atoms with E-state index in [1.807, 2.05) is 13.0 Å². The Balaban J connectivity index is 3.01. The lowest BCUT2D eigenvalue weighted by Crippen LogP contribution is -2.21. The second-order valence-electron chi connectivity index (χ2n) is 2.88. The molecule has 12 heavy (non-hydrogen) atoms. The molecule has 0 saturated carbocycles. The smallest absolute Gasteiger partial charge is 0.115 e. The Bertz CT molecular complexity index is 273. The number of aromatic hydroxyl groups is 1. The third-order valence-corrected chi connectivity index (χ3v) is 1.91. The fraction of sp³-hybridized carbons (Fsp3) is 0.333. The summed E-state index contributed by atoms with van der Waals surface area (Å²) in [5, 5.41) is 9.12. The van der Waals surface area contributed by atoms with E-state index in [0.29, 0.717) is 6.54 Å². The van der Waals surface area contributed by atoms with Gasteiger partial charge in [0.05, 0.1) is 0 Å². The molecule has 0 spiro atoms. The maximum atomic E-state index is 9.12. The van der Waals surface area contributed by atoms with Crippen LogP contribution in [0, 0.1) is 6.92 Å². The molecule has 3 heteroatoms. The van der Waals surface area contributed by atoms with E-state index in [4.69, 9.17) is 16.6 Å². The van der Waals surface area contributed by atoms with Gasteiger partial charge in [0.15, 0.2) is 0 Å². The van der Waals surface area contributed by atoms with Gasteiger partial charge in [0.25, 0.3) is 0 Å². The zero-order valence-corrected chi connectivity index (χ0v) is 7.12. The fourth-order valence-corrected chi connectivity index (χ4v) is 1.20. The minimum absolute atomic E-state index is 0.134. The number of benzene rings is 1. The first kappa shape index (κ1) is 9.03. The summed E-state index contributed by atoms with van der Waals surface area (Å²) in [5.41, 5.74) is 13.1. The second-order valence-corrected chi connectivity index (χ2v) is 2.88. The molecule has 0 aromatic heterocycles. The number of nitrogens with two attached hydrogens (primary N) is 2. The lowest BCUT2D eigenvalue weighted by atomic mass is 10.0. The van der Waals surface area contributed by atoms with Crippen molar-refractivity contribution in [3.63, 3.8) is 0 Å². The number of hydrogen-bond donors (Lipinski definition) is 3. The monoisotopic (exact) mass is 166 g/mol. The van der Waals surface area contributed by atoms with E-state index in [9.17, 15) is 0 Å². The summed E-state index contributed by atoms with van der Waals surface area (Å²) < 4.78 is 0. The molecule has 0 radical (unpaired) electrons. The highest BCUT2D eigenvalue weighted by atomic mass is 16.3. The Hall–Kier alpha value is -1.06. The van der Waals surface area contributed by atoms with Crippen LogP contribution in [-0.2, 0) is 0 Å². The van der Waals surface area contributed by atoms with Crippen molar-refractivity contribution < 1.29 is 5.11 Å². The molecule has 5 N–H and O–H groups in total. The Morgan fingerprint density at radius 1 is 1.50 bits per heavy atom. The molecule has 0 aliphatic rings. The quantitative estimate of drug-likeness (QED) is 0.604. The van der Waals surface area contributed by atoms with E-state index in [-0.39, 0.29) is 11.8 Å². The van der Waals surface area contributed by atoms with E-state index in [1.54, 1.807) is 12.1 Å². The summed E-state index contributed by atoms with van der Waals surface area (Å²) in [6.07, 6.45) is 0. The first-order valence-electron chi connectivity index (χ1n) is 3.90. The van der Waals surface area contributed by atoms with E-state index in [2.05, 4.69) is 0 Å². The molecule has 1 rings (SSSR count). The average molecular weight is 166 g/mol. The highest BCUT2D eigenvalue weighted by molar-refractivity contribution is 5.35. The fourth-order valence-electron chi connectivity index (χ4n) is 1.20. The van der Waals surface area contributed by atoms with E-state index in [1.165, 1.54) is 0 Å². The largest absolute Gasteiger partial charge is 0.508 e. The summed E-state index contributed by atoms with van der Waals surface area (Å²) in [7, 11) is 0. The molecule has 0 bridgehead atoms. The van der Waals surface area contributed by atoms with Gasteiger partial charge in [-0.3, -0.25) is 0 Å². The Morgan fingerprint density at radius 3 is 2.67 bits per heavy atom. The van der Waals surface area contributed by atoms with E-state index < -0.39 is 0 Å². The molecule has 0 fully saturated rings. The van der Waals surface area contributed by atoms with Crippen LogP contribution in [0.5, 0.6) is 5.75 Å². The maximum absolute atomic E-state index is 9.12. The van der Waals surface area contributed by atoms with Crippen LogP contribution < -0.4 is 11.5 Å². The SMILES string of the molecule is Cc1cc(O)ccc1[C@@H](N)CN. The highest BCUT2D eigenvalue weighted by Gasteiger charge is 2.06. The minimum Gasteiger partial charge on any atom is -0.508 e. The van der Waals surface area contributed by atoms with E-state index in [0.717, 1.165) is 11.1 Å². The third kappa shape index (κ3) is 1.75. The van der Waals surface area contributed by atoms with Crippen LogP contribution in [0.4, 0.5) is 0 Å². The van der Waals surface area contributed by atoms with Crippen LogP contribution >= 0.6 is 0 Å². The highest BCUT2D eigenvalue weighted by Crippen LogP contribution is 2.19. The molecular formula is C9H14N2O. The summed E-state index contributed by atoms with van der Waals surface area (Å²) in [5.74, 6) is 0.264. The number of hydrogen-bond acceptors (Lipinski definition) is 3.